The molecule has 1 aliphatic heterocycles. The molecule has 2 saturated carbocycles. The van der Waals surface area contributed by atoms with Crippen LogP contribution in [0.2, 0.25) is 0 Å². The van der Waals surface area contributed by atoms with Crippen LogP contribution in [-0.4, -0.2) is 30.4 Å². The Labute approximate surface area is 145 Å². The van der Waals surface area contributed by atoms with Crippen LogP contribution >= 0.6 is 0 Å². The number of hydrogen-bond donors (Lipinski definition) is 1. The average Bonchev–Trinajstić information content (AvgIpc) is 3.24. The maximum Gasteiger partial charge on any atom is 0.229 e. The van der Waals surface area contributed by atoms with Gasteiger partial charge in [0.25, 0.3) is 0 Å². The van der Waals surface area contributed by atoms with Crippen molar-refractivity contribution in [2.24, 2.45) is 28.9 Å². The van der Waals surface area contributed by atoms with Crippen LogP contribution in [0.25, 0.3) is 0 Å². The Balaban J connectivity index is 1.56. The van der Waals surface area contributed by atoms with Crippen molar-refractivity contribution in [1.29, 1.82) is 0 Å². The molecule has 1 aromatic carbocycles. The van der Waals surface area contributed by atoms with Gasteiger partial charge < -0.3 is 10.6 Å². The van der Waals surface area contributed by atoms with Crippen molar-refractivity contribution in [1.82, 2.24) is 4.90 Å². The molecule has 2 bridgehead atoms. The number of nitrogens with two attached hydrogens (primary N) is 1. The minimum atomic E-state index is -0.125. The van der Waals surface area contributed by atoms with Crippen LogP contribution in [0, 0.1) is 23.2 Å². The van der Waals surface area contributed by atoms with Gasteiger partial charge in [-0.2, -0.15) is 0 Å². The Morgan fingerprint density at radius 2 is 1.88 bits per heavy atom. The van der Waals surface area contributed by atoms with Gasteiger partial charge in [0, 0.05) is 13.1 Å². The molecular weight excluding hydrogens is 296 g/mol. The van der Waals surface area contributed by atoms with Crippen molar-refractivity contribution in [3.63, 3.8) is 0 Å². The van der Waals surface area contributed by atoms with E-state index in [4.69, 9.17) is 5.73 Å². The van der Waals surface area contributed by atoms with Gasteiger partial charge >= 0.3 is 0 Å². The van der Waals surface area contributed by atoms with E-state index >= 15 is 0 Å². The second-order valence-electron chi connectivity index (χ2n) is 8.37. The molecule has 3 atom stereocenters. The molecule has 3 aliphatic rings. The lowest BCUT2D eigenvalue weighted by molar-refractivity contribution is -0.147. The summed E-state index contributed by atoms with van der Waals surface area (Å²) in [5.74, 6) is 2.44. The van der Waals surface area contributed by atoms with Crippen LogP contribution in [0.4, 0.5) is 0 Å². The fraction of sp³-hybridized carbons (Fsp3) is 0.667. The smallest absolute Gasteiger partial charge is 0.229 e. The summed E-state index contributed by atoms with van der Waals surface area (Å²) in [6.07, 6.45) is 8.08. The van der Waals surface area contributed by atoms with Crippen LogP contribution < -0.4 is 5.73 Å². The molecule has 1 aromatic rings. The normalized spacial score (nSPS) is 33.1. The van der Waals surface area contributed by atoms with Crippen LogP contribution in [-0.2, 0) is 11.2 Å². The highest BCUT2D eigenvalue weighted by Crippen LogP contribution is 2.58. The number of carbonyl (C=O) groups is 1. The molecule has 3 fully saturated rings. The zero-order chi connectivity index (χ0) is 16.6. The molecule has 1 amide bonds. The average molecular weight is 326 g/mol. The first-order valence-corrected chi connectivity index (χ1v) is 9.74. The van der Waals surface area contributed by atoms with E-state index in [0.29, 0.717) is 17.7 Å². The summed E-state index contributed by atoms with van der Waals surface area (Å²) >= 11 is 0. The fourth-order valence-corrected chi connectivity index (χ4v) is 5.64. The minimum Gasteiger partial charge on any atom is -0.342 e. The molecule has 2 aliphatic carbocycles. The van der Waals surface area contributed by atoms with Crippen LogP contribution in [0.1, 0.15) is 44.1 Å². The number of fused-ring (bicyclic) bond motifs is 2. The van der Waals surface area contributed by atoms with Crippen molar-refractivity contribution in [2.45, 2.75) is 44.9 Å². The Morgan fingerprint density at radius 3 is 2.46 bits per heavy atom. The molecular formula is C21H30N2O. The molecule has 3 nitrogen and oxygen atoms in total. The van der Waals surface area contributed by atoms with E-state index in [1.165, 1.54) is 24.8 Å². The highest BCUT2D eigenvalue weighted by molar-refractivity contribution is 5.84. The minimum absolute atomic E-state index is 0.125. The molecule has 0 aromatic heterocycles. The zero-order valence-corrected chi connectivity index (χ0v) is 14.6. The van der Waals surface area contributed by atoms with E-state index in [9.17, 15) is 4.79 Å². The zero-order valence-electron chi connectivity index (χ0n) is 14.6. The molecule has 3 unspecified atom stereocenters. The molecule has 1 heterocycles. The third-order valence-corrected chi connectivity index (χ3v) is 7.00. The first-order chi connectivity index (χ1) is 11.7. The molecule has 3 heteroatoms. The maximum absolute atomic E-state index is 13.6. The molecule has 24 heavy (non-hydrogen) atoms. The summed E-state index contributed by atoms with van der Waals surface area (Å²) in [5.41, 5.74) is 7.02. The number of likely N-dealkylation sites (tertiary alicyclic amines) is 1. The van der Waals surface area contributed by atoms with E-state index in [2.05, 4.69) is 35.2 Å². The largest absolute Gasteiger partial charge is 0.342 e. The summed E-state index contributed by atoms with van der Waals surface area (Å²) in [7, 11) is 0. The van der Waals surface area contributed by atoms with Crippen molar-refractivity contribution >= 4 is 5.91 Å². The van der Waals surface area contributed by atoms with Gasteiger partial charge in [0.05, 0.1) is 5.41 Å². The maximum atomic E-state index is 13.6. The molecule has 0 radical (unpaired) electrons. The lowest BCUT2D eigenvalue weighted by Gasteiger charge is -2.42. The first-order valence-electron chi connectivity index (χ1n) is 9.74. The van der Waals surface area contributed by atoms with Crippen LogP contribution in [0.5, 0.6) is 0 Å². The predicted octanol–water partition coefficient (Wildman–Crippen LogP) is 3.23. The molecule has 0 spiro atoms. The lowest BCUT2D eigenvalue weighted by Crippen LogP contribution is -2.51. The third kappa shape index (κ3) is 2.77. The van der Waals surface area contributed by atoms with Gasteiger partial charge in [-0.15, -0.1) is 0 Å². The number of hydrogen-bond acceptors (Lipinski definition) is 2. The Kier molecular flexibility index (Phi) is 4.38. The number of nitrogens with zero attached hydrogens (tertiary/aromatic N) is 1. The second-order valence-corrected chi connectivity index (χ2v) is 8.37. The first kappa shape index (κ1) is 16.1. The van der Waals surface area contributed by atoms with Gasteiger partial charge in [-0.05, 0) is 68.4 Å². The SMILES string of the molecule is NCC1CCN(C(=O)C2(Cc3ccccc3)CC3CCC2C3)CC1. The molecule has 1 saturated heterocycles. The van der Waals surface area contributed by atoms with E-state index in [-0.39, 0.29) is 5.41 Å². The van der Waals surface area contributed by atoms with Crippen molar-refractivity contribution in [3.8, 4) is 0 Å². The van der Waals surface area contributed by atoms with Gasteiger partial charge in [-0.1, -0.05) is 36.8 Å². The number of carbonyl (C=O) groups excluding carboxylic acids is 1. The van der Waals surface area contributed by atoms with Gasteiger partial charge in [-0.3, -0.25) is 4.79 Å². The number of rotatable bonds is 4. The topological polar surface area (TPSA) is 46.3 Å². The summed E-state index contributed by atoms with van der Waals surface area (Å²) in [6.45, 7) is 2.59. The van der Waals surface area contributed by atoms with Crippen molar-refractivity contribution in [2.75, 3.05) is 19.6 Å². The predicted molar refractivity (Wildman–Crippen MR) is 96.4 cm³/mol. The quantitative estimate of drug-likeness (QED) is 0.923. The molecule has 2 N–H and O–H groups in total. The third-order valence-electron chi connectivity index (χ3n) is 7.00. The van der Waals surface area contributed by atoms with E-state index in [1.54, 1.807) is 0 Å². The molecule has 130 valence electrons. The fourth-order valence-electron chi connectivity index (χ4n) is 5.64. The van der Waals surface area contributed by atoms with Crippen LogP contribution in [0.3, 0.4) is 0 Å². The highest BCUT2D eigenvalue weighted by atomic mass is 16.2. The Morgan fingerprint density at radius 1 is 1.12 bits per heavy atom. The van der Waals surface area contributed by atoms with Gasteiger partial charge in [0.15, 0.2) is 0 Å². The monoisotopic (exact) mass is 326 g/mol. The summed E-state index contributed by atoms with van der Waals surface area (Å²) in [5, 5.41) is 0. The standard InChI is InChI=1S/C21H30N2O/c22-15-17-8-10-23(11-9-17)20(24)21(13-16-4-2-1-3-5-16)14-18-6-7-19(21)12-18/h1-5,17-19H,6-15,22H2. The van der Waals surface area contributed by atoms with Crippen molar-refractivity contribution < 1.29 is 4.79 Å². The number of benzene rings is 1. The van der Waals surface area contributed by atoms with E-state index < -0.39 is 0 Å². The summed E-state index contributed by atoms with van der Waals surface area (Å²) in [6, 6.07) is 10.7. The number of amides is 1. The van der Waals surface area contributed by atoms with Crippen molar-refractivity contribution in [3.05, 3.63) is 35.9 Å². The second kappa shape index (κ2) is 6.51. The van der Waals surface area contributed by atoms with Gasteiger partial charge in [-0.25, -0.2) is 0 Å². The Bertz CT molecular complexity index is 579. The summed E-state index contributed by atoms with van der Waals surface area (Å²) in [4.78, 5) is 15.8. The highest BCUT2D eigenvalue weighted by Gasteiger charge is 2.56. The summed E-state index contributed by atoms with van der Waals surface area (Å²) < 4.78 is 0. The number of piperidine rings is 1. The lowest BCUT2D eigenvalue weighted by atomic mass is 9.68. The van der Waals surface area contributed by atoms with E-state index in [0.717, 1.165) is 51.2 Å². The van der Waals surface area contributed by atoms with Crippen LogP contribution in [0.15, 0.2) is 30.3 Å². The van der Waals surface area contributed by atoms with Gasteiger partial charge in [0.2, 0.25) is 5.91 Å². The van der Waals surface area contributed by atoms with E-state index in [1.807, 2.05) is 0 Å². The van der Waals surface area contributed by atoms with Gasteiger partial charge in [0.1, 0.15) is 0 Å². The Hall–Kier alpha value is -1.35. The molecule has 4 rings (SSSR count).